The van der Waals surface area contributed by atoms with Gasteiger partial charge >= 0.3 is 11.9 Å². The lowest BCUT2D eigenvalue weighted by atomic mass is 9.82. The van der Waals surface area contributed by atoms with Gasteiger partial charge in [-0.2, -0.15) is 0 Å². The number of hydrogen-bond acceptors (Lipinski definition) is 5. The number of anilines is 1. The monoisotopic (exact) mass is 441 g/mol. The lowest BCUT2D eigenvalue weighted by Crippen LogP contribution is -2.34. The predicted molar refractivity (Wildman–Crippen MR) is 122 cm³/mol. The molecule has 2 N–H and O–H groups in total. The number of carboxylic acid groups (broad SMARTS) is 1. The molecular formula is C24H27NO5S. The number of carbonyl (C=O) groups is 3. The van der Waals surface area contributed by atoms with Crippen LogP contribution in [0.2, 0.25) is 0 Å². The minimum Gasteiger partial charge on any atom is -0.481 e. The molecule has 1 aromatic carbocycles. The van der Waals surface area contributed by atoms with Gasteiger partial charge in [0.15, 0.2) is 0 Å². The quantitative estimate of drug-likeness (QED) is 0.479. The molecule has 2 aromatic rings. The highest BCUT2D eigenvalue weighted by Gasteiger charge is 2.35. The molecule has 1 heterocycles. The molecule has 1 aromatic heterocycles. The number of ether oxygens (including phenoxy) is 1. The van der Waals surface area contributed by atoms with Crippen molar-refractivity contribution in [3.63, 3.8) is 0 Å². The fraction of sp³-hybridized carbons (Fsp3) is 0.375. The van der Waals surface area contributed by atoms with Crippen LogP contribution in [-0.2, 0) is 14.3 Å². The molecule has 7 heteroatoms. The van der Waals surface area contributed by atoms with Crippen LogP contribution in [-0.4, -0.2) is 29.6 Å². The molecule has 6 nitrogen and oxygen atoms in total. The summed E-state index contributed by atoms with van der Waals surface area (Å²) in [5.41, 5.74) is 4.06. The Balaban J connectivity index is 2.05. The van der Waals surface area contributed by atoms with Gasteiger partial charge in [-0.25, -0.2) is 4.79 Å². The molecule has 0 radical (unpaired) electrons. The largest absolute Gasteiger partial charge is 0.481 e. The zero-order valence-corrected chi connectivity index (χ0v) is 19.0. The van der Waals surface area contributed by atoms with Gasteiger partial charge in [-0.3, -0.25) is 9.59 Å². The van der Waals surface area contributed by atoms with Gasteiger partial charge < -0.3 is 15.2 Å². The lowest BCUT2D eigenvalue weighted by molar-refractivity contribution is -0.146. The molecule has 1 amide bonds. The Kier molecular flexibility index (Phi) is 6.95. The Morgan fingerprint density at radius 1 is 1.13 bits per heavy atom. The molecule has 0 saturated carbocycles. The molecular weight excluding hydrogens is 414 g/mol. The van der Waals surface area contributed by atoms with Crippen LogP contribution in [0.5, 0.6) is 0 Å². The number of carboxylic acids is 1. The Morgan fingerprint density at radius 3 is 2.45 bits per heavy atom. The number of benzene rings is 1. The van der Waals surface area contributed by atoms with E-state index in [0.29, 0.717) is 23.4 Å². The van der Waals surface area contributed by atoms with Crippen LogP contribution < -0.4 is 5.32 Å². The number of esters is 1. The van der Waals surface area contributed by atoms with Gasteiger partial charge in [0.05, 0.1) is 18.4 Å². The van der Waals surface area contributed by atoms with Gasteiger partial charge in [0, 0.05) is 10.4 Å². The summed E-state index contributed by atoms with van der Waals surface area (Å²) in [6, 6.07) is 6.03. The summed E-state index contributed by atoms with van der Waals surface area (Å²) >= 11 is 1.31. The minimum absolute atomic E-state index is 0.210. The Morgan fingerprint density at radius 2 is 1.81 bits per heavy atom. The van der Waals surface area contributed by atoms with E-state index >= 15 is 0 Å². The van der Waals surface area contributed by atoms with Crippen molar-refractivity contribution >= 4 is 34.2 Å². The number of aliphatic carboxylic acids is 1. The van der Waals surface area contributed by atoms with E-state index in [1.165, 1.54) is 11.3 Å². The third-order valence-corrected chi connectivity index (χ3v) is 6.57. The zero-order valence-electron chi connectivity index (χ0n) is 18.2. The van der Waals surface area contributed by atoms with E-state index in [2.05, 4.69) is 5.32 Å². The summed E-state index contributed by atoms with van der Waals surface area (Å²) in [4.78, 5) is 38.5. The summed E-state index contributed by atoms with van der Waals surface area (Å²) < 4.78 is 5.31. The molecule has 0 unspecified atom stereocenters. The highest BCUT2D eigenvalue weighted by atomic mass is 32.1. The average Bonchev–Trinajstić information content (AvgIpc) is 3.05. The summed E-state index contributed by atoms with van der Waals surface area (Å²) in [7, 11) is 0. The molecule has 1 aliphatic rings. The number of rotatable bonds is 6. The summed E-state index contributed by atoms with van der Waals surface area (Å²) in [5, 5.41) is 12.8. The van der Waals surface area contributed by atoms with Crippen molar-refractivity contribution in [1.29, 1.82) is 0 Å². The molecule has 3 rings (SSSR count). The summed E-state index contributed by atoms with van der Waals surface area (Å²) in [5.74, 6) is -3.36. The molecule has 0 spiro atoms. The molecule has 31 heavy (non-hydrogen) atoms. The second-order valence-electron chi connectivity index (χ2n) is 7.76. The van der Waals surface area contributed by atoms with Gasteiger partial charge in [-0.1, -0.05) is 35.9 Å². The van der Waals surface area contributed by atoms with Crippen molar-refractivity contribution in [2.24, 2.45) is 11.8 Å². The first-order valence-corrected chi connectivity index (χ1v) is 11.1. The Labute approximate surface area is 185 Å². The minimum atomic E-state index is -0.992. The number of aryl methyl sites for hydroxylation is 3. The van der Waals surface area contributed by atoms with E-state index in [0.717, 1.165) is 27.1 Å². The predicted octanol–water partition coefficient (Wildman–Crippen LogP) is 5.12. The van der Waals surface area contributed by atoms with E-state index in [1.54, 1.807) is 13.0 Å². The van der Waals surface area contributed by atoms with Crippen LogP contribution in [0.4, 0.5) is 5.00 Å². The van der Waals surface area contributed by atoms with E-state index in [4.69, 9.17) is 4.74 Å². The van der Waals surface area contributed by atoms with Gasteiger partial charge in [-0.15, -0.1) is 11.3 Å². The van der Waals surface area contributed by atoms with E-state index < -0.39 is 29.7 Å². The maximum absolute atomic E-state index is 13.0. The van der Waals surface area contributed by atoms with Crippen LogP contribution >= 0.6 is 11.3 Å². The third kappa shape index (κ3) is 4.71. The van der Waals surface area contributed by atoms with Crippen LogP contribution in [0.15, 0.2) is 30.4 Å². The molecule has 164 valence electrons. The first kappa shape index (κ1) is 22.7. The van der Waals surface area contributed by atoms with E-state index in [9.17, 15) is 19.5 Å². The number of amides is 1. The van der Waals surface area contributed by atoms with Crippen molar-refractivity contribution < 1.29 is 24.2 Å². The maximum Gasteiger partial charge on any atom is 0.341 e. The van der Waals surface area contributed by atoms with Gasteiger partial charge in [0.2, 0.25) is 5.91 Å². The fourth-order valence-corrected chi connectivity index (χ4v) is 5.00. The number of hydrogen-bond donors (Lipinski definition) is 2. The van der Waals surface area contributed by atoms with Gasteiger partial charge in [0.1, 0.15) is 10.6 Å². The van der Waals surface area contributed by atoms with Crippen LogP contribution in [0.25, 0.3) is 11.1 Å². The second-order valence-corrected chi connectivity index (χ2v) is 8.98. The molecule has 0 aliphatic heterocycles. The Hall–Kier alpha value is -2.93. The van der Waals surface area contributed by atoms with E-state index in [1.807, 2.05) is 45.0 Å². The maximum atomic E-state index is 13.0. The summed E-state index contributed by atoms with van der Waals surface area (Å²) in [6.07, 6.45) is 4.29. The number of nitrogens with one attached hydrogen (secondary N) is 1. The lowest BCUT2D eigenvalue weighted by Gasteiger charge is -2.24. The Bertz CT molecular complexity index is 1050. The summed E-state index contributed by atoms with van der Waals surface area (Å²) in [6.45, 7) is 7.81. The van der Waals surface area contributed by atoms with Crippen molar-refractivity contribution in [1.82, 2.24) is 0 Å². The molecule has 0 bridgehead atoms. The highest BCUT2D eigenvalue weighted by Crippen LogP contribution is 2.42. The first-order chi connectivity index (χ1) is 14.7. The zero-order chi connectivity index (χ0) is 22.7. The molecule has 0 fully saturated rings. The van der Waals surface area contributed by atoms with Crippen molar-refractivity contribution in [3.05, 3.63) is 51.9 Å². The molecule has 0 saturated heterocycles. The van der Waals surface area contributed by atoms with Crippen molar-refractivity contribution in [2.75, 3.05) is 11.9 Å². The average molecular weight is 442 g/mol. The fourth-order valence-electron chi connectivity index (χ4n) is 3.94. The van der Waals surface area contributed by atoms with Crippen LogP contribution in [0.3, 0.4) is 0 Å². The number of thiophene rings is 1. The SMILES string of the molecule is CCOC(=O)c1c(NC(=O)[C@H]2CC=CC[C@@H]2C(=O)O)sc(C)c1-c1cc(C)ccc1C. The second kappa shape index (κ2) is 9.47. The van der Waals surface area contributed by atoms with E-state index in [-0.39, 0.29) is 6.61 Å². The van der Waals surface area contributed by atoms with Gasteiger partial charge in [0.25, 0.3) is 0 Å². The number of carbonyl (C=O) groups excluding carboxylic acids is 2. The highest BCUT2D eigenvalue weighted by molar-refractivity contribution is 7.17. The third-order valence-electron chi connectivity index (χ3n) is 5.55. The normalized spacial score (nSPS) is 17.9. The molecule has 1 aliphatic carbocycles. The smallest absolute Gasteiger partial charge is 0.341 e. The van der Waals surface area contributed by atoms with Crippen LogP contribution in [0, 0.1) is 32.6 Å². The number of allylic oxidation sites excluding steroid dienone is 2. The van der Waals surface area contributed by atoms with Crippen molar-refractivity contribution in [3.8, 4) is 11.1 Å². The van der Waals surface area contributed by atoms with Crippen LogP contribution in [0.1, 0.15) is 46.1 Å². The van der Waals surface area contributed by atoms with Gasteiger partial charge in [-0.05, 0) is 51.7 Å². The molecule has 2 atom stereocenters. The topological polar surface area (TPSA) is 92.7 Å². The first-order valence-electron chi connectivity index (χ1n) is 10.3. The van der Waals surface area contributed by atoms with Crippen molar-refractivity contribution in [2.45, 2.75) is 40.5 Å². The standard InChI is InChI=1S/C24H27NO5S/c1-5-30-24(29)20-19(18-12-13(2)10-11-14(18)3)15(4)31-22(20)25-21(26)16-8-6-7-9-17(16)23(27)28/h6-7,10-12,16-17H,5,8-9H2,1-4H3,(H,25,26)(H,27,28)/t16-,17-/m0/s1.